The number of nitrogens with zero attached hydrogens (tertiary/aromatic N) is 1. The fraction of sp³-hybridized carbons (Fsp3) is 0.357. The average molecular weight is 291 g/mol. The van der Waals surface area contributed by atoms with Crippen LogP contribution in [0.3, 0.4) is 0 Å². The number of urea groups is 1. The summed E-state index contributed by atoms with van der Waals surface area (Å²) in [5, 5.41) is 11.6. The average Bonchev–Trinajstić information content (AvgIpc) is 2.45. The zero-order chi connectivity index (χ0) is 15.4. The van der Waals surface area contributed by atoms with Gasteiger partial charge in [-0.1, -0.05) is 6.07 Å². The SMILES string of the molecule is NC(=O)CCNC(=O)N1CCc2ccc(C(=O)O)cc2C1. The summed E-state index contributed by atoms with van der Waals surface area (Å²) >= 11 is 0. The lowest BCUT2D eigenvalue weighted by Crippen LogP contribution is -2.43. The molecule has 0 saturated heterocycles. The van der Waals surface area contributed by atoms with Crippen LogP contribution in [0.5, 0.6) is 0 Å². The maximum atomic E-state index is 12.0. The molecule has 1 aliphatic heterocycles. The Bertz CT molecular complexity index is 586. The molecule has 0 fully saturated rings. The Labute approximate surface area is 121 Å². The second kappa shape index (κ2) is 6.25. The van der Waals surface area contributed by atoms with E-state index in [9.17, 15) is 14.4 Å². The van der Waals surface area contributed by atoms with Gasteiger partial charge in [0, 0.05) is 26.1 Å². The van der Waals surface area contributed by atoms with Gasteiger partial charge in [0.05, 0.1) is 5.56 Å². The van der Waals surface area contributed by atoms with Crippen LogP contribution in [-0.2, 0) is 17.8 Å². The first-order valence-electron chi connectivity index (χ1n) is 6.63. The molecule has 0 bridgehead atoms. The van der Waals surface area contributed by atoms with Gasteiger partial charge in [-0.05, 0) is 29.7 Å². The second-order valence-corrected chi connectivity index (χ2v) is 4.91. The zero-order valence-corrected chi connectivity index (χ0v) is 11.5. The summed E-state index contributed by atoms with van der Waals surface area (Å²) in [4.78, 5) is 35.1. The van der Waals surface area contributed by atoms with E-state index in [4.69, 9.17) is 10.8 Å². The van der Waals surface area contributed by atoms with Crippen LogP contribution in [0, 0.1) is 0 Å². The van der Waals surface area contributed by atoms with E-state index in [2.05, 4.69) is 5.32 Å². The van der Waals surface area contributed by atoms with E-state index in [0.29, 0.717) is 19.5 Å². The zero-order valence-electron chi connectivity index (χ0n) is 11.5. The molecule has 0 unspecified atom stereocenters. The van der Waals surface area contributed by atoms with Crippen LogP contribution in [0.2, 0.25) is 0 Å². The molecule has 4 N–H and O–H groups in total. The summed E-state index contributed by atoms with van der Waals surface area (Å²) in [5.41, 5.74) is 7.11. The summed E-state index contributed by atoms with van der Waals surface area (Å²) in [6.45, 7) is 1.12. The molecule has 3 amide bonds. The fourth-order valence-corrected chi connectivity index (χ4v) is 2.27. The summed E-state index contributed by atoms with van der Waals surface area (Å²) in [5.74, 6) is -1.45. The van der Waals surface area contributed by atoms with Gasteiger partial charge in [0.15, 0.2) is 0 Å². The van der Waals surface area contributed by atoms with Crippen LogP contribution in [-0.4, -0.2) is 41.0 Å². The highest BCUT2D eigenvalue weighted by atomic mass is 16.4. The number of hydrogen-bond acceptors (Lipinski definition) is 3. The van der Waals surface area contributed by atoms with Crippen molar-refractivity contribution >= 4 is 17.9 Å². The predicted octanol–water partition coefficient (Wildman–Crippen LogP) is 0.328. The first-order valence-corrected chi connectivity index (χ1v) is 6.63. The van der Waals surface area contributed by atoms with Gasteiger partial charge < -0.3 is 21.1 Å². The molecule has 0 spiro atoms. The standard InChI is InChI=1S/C14H17N3O4/c15-12(18)3-5-16-14(21)17-6-4-9-1-2-10(13(19)20)7-11(9)8-17/h1-2,7H,3-6,8H2,(H2,15,18)(H,16,21)(H,19,20). The fourth-order valence-electron chi connectivity index (χ4n) is 2.27. The number of amides is 3. The van der Waals surface area contributed by atoms with E-state index in [1.54, 1.807) is 23.1 Å². The normalized spacial score (nSPS) is 13.4. The van der Waals surface area contributed by atoms with Gasteiger partial charge in [0.25, 0.3) is 0 Å². The molecule has 1 aromatic carbocycles. The Hall–Kier alpha value is -2.57. The number of nitrogens with two attached hydrogens (primary N) is 1. The van der Waals surface area contributed by atoms with E-state index in [1.165, 1.54) is 0 Å². The van der Waals surface area contributed by atoms with Crippen molar-refractivity contribution in [2.75, 3.05) is 13.1 Å². The van der Waals surface area contributed by atoms with E-state index in [-0.39, 0.29) is 24.6 Å². The summed E-state index contributed by atoms with van der Waals surface area (Å²) in [6, 6.07) is 4.69. The van der Waals surface area contributed by atoms with Crippen LogP contribution in [0.25, 0.3) is 0 Å². The minimum absolute atomic E-state index is 0.0966. The Morgan fingerprint density at radius 1 is 1.29 bits per heavy atom. The summed E-state index contributed by atoms with van der Waals surface area (Å²) in [6.07, 6.45) is 0.776. The number of aromatic carboxylic acids is 1. The number of primary amides is 1. The summed E-state index contributed by atoms with van der Waals surface area (Å²) < 4.78 is 0. The number of benzene rings is 1. The molecule has 112 valence electrons. The number of hydrogen-bond donors (Lipinski definition) is 3. The molecule has 7 heteroatoms. The van der Waals surface area contributed by atoms with Gasteiger partial charge in [0.1, 0.15) is 0 Å². The van der Waals surface area contributed by atoms with E-state index in [0.717, 1.165) is 11.1 Å². The van der Waals surface area contributed by atoms with Gasteiger partial charge in [-0.2, -0.15) is 0 Å². The maximum absolute atomic E-state index is 12.0. The number of nitrogens with one attached hydrogen (secondary N) is 1. The third-order valence-electron chi connectivity index (χ3n) is 3.40. The molecular weight excluding hydrogens is 274 g/mol. The molecule has 1 heterocycles. The van der Waals surface area contributed by atoms with Crippen LogP contribution < -0.4 is 11.1 Å². The molecule has 21 heavy (non-hydrogen) atoms. The van der Waals surface area contributed by atoms with Crippen molar-refractivity contribution < 1.29 is 19.5 Å². The van der Waals surface area contributed by atoms with Crippen molar-refractivity contribution in [1.82, 2.24) is 10.2 Å². The maximum Gasteiger partial charge on any atom is 0.335 e. The highest BCUT2D eigenvalue weighted by Crippen LogP contribution is 2.20. The van der Waals surface area contributed by atoms with E-state index < -0.39 is 11.9 Å². The monoisotopic (exact) mass is 291 g/mol. The number of carbonyl (C=O) groups excluding carboxylic acids is 2. The van der Waals surface area contributed by atoms with Crippen molar-refractivity contribution in [2.24, 2.45) is 5.73 Å². The van der Waals surface area contributed by atoms with Crippen molar-refractivity contribution in [3.05, 3.63) is 34.9 Å². The summed E-state index contributed by atoms with van der Waals surface area (Å²) in [7, 11) is 0. The molecule has 0 aromatic heterocycles. The van der Waals surface area contributed by atoms with E-state index >= 15 is 0 Å². The smallest absolute Gasteiger partial charge is 0.335 e. The predicted molar refractivity (Wildman–Crippen MR) is 74.7 cm³/mol. The number of rotatable bonds is 4. The molecule has 1 aliphatic rings. The minimum Gasteiger partial charge on any atom is -0.478 e. The van der Waals surface area contributed by atoms with Gasteiger partial charge >= 0.3 is 12.0 Å². The first kappa shape index (κ1) is 14.8. The highest BCUT2D eigenvalue weighted by molar-refractivity contribution is 5.88. The van der Waals surface area contributed by atoms with Crippen molar-refractivity contribution in [1.29, 1.82) is 0 Å². The largest absolute Gasteiger partial charge is 0.478 e. The van der Waals surface area contributed by atoms with Crippen LogP contribution in [0.15, 0.2) is 18.2 Å². The minimum atomic E-state index is -0.985. The number of carbonyl (C=O) groups is 3. The highest BCUT2D eigenvalue weighted by Gasteiger charge is 2.21. The van der Waals surface area contributed by atoms with Gasteiger partial charge in [-0.15, -0.1) is 0 Å². The molecule has 0 saturated carbocycles. The number of carboxylic acids is 1. The molecule has 0 aliphatic carbocycles. The van der Waals surface area contributed by atoms with Crippen LogP contribution in [0.4, 0.5) is 4.79 Å². The lowest BCUT2D eigenvalue weighted by molar-refractivity contribution is -0.117. The molecule has 1 aromatic rings. The third-order valence-corrected chi connectivity index (χ3v) is 3.40. The van der Waals surface area contributed by atoms with Crippen molar-refractivity contribution in [3.8, 4) is 0 Å². The van der Waals surface area contributed by atoms with Crippen molar-refractivity contribution in [3.63, 3.8) is 0 Å². The molecule has 0 atom stereocenters. The lowest BCUT2D eigenvalue weighted by Gasteiger charge is -2.29. The van der Waals surface area contributed by atoms with Crippen LogP contribution in [0.1, 0.15) is 27.9 Å². The quantitative estimate of drug-likeness (QED) is 0.741. The Balaban J connectivity index is 2.00. The third kappa shape index (κ3) is 3.71. The molecule has 2 rings (SSSR count). The Kier molecular flexibility index (Phi) is 4.42. The van der Waals surface area contributed by atoms with Gasteiger partial charge in [-0.25, -0.2) is 9.59 Å². The van der Waals surface area contributed by atoms with Crippen molar-refractivity contribution in [2.45, 2.75) is 19.4 Å². The second-order valence-electron chi connectivity index (χ2n) is 4.91. The van der Waals surface area contributed by atoms with Crippen LogP contribution >= 0.6 is 0 Å². The van der Waals surface area contributed by atoms with E-state index in [1.807, 2.05) is 0 Å². The van der Waals surface area contributed by atoms with Gasteiger partial charge in [-0.3, -0.25) is 4.79 Å². The Morgan fingerprint density at radius 3 is 2.71 bits per heavy atom. The number of fused-ring (bicyclic) bond motifs is 1. The Morgan fingerprint density at radius 2 is 2.05 bits per heavy atom. The topological polar surface area (TPSA) is 113 Å². The van der Waals surface area contributed by atoms with Gasteiger partial charge in [0.2, 0.25) is 5.91 Å². The molecular formula is C14H17N3O4. The molecule has 7 nitrogen and oxygen atoms in total. The first-order chi connectivity index (χ1) is 9.97. The lowest BCUT2D eigenvalue weighted by atomic mass is 9.97. The number of carboxylic acid groups (broad SMARTS) is 1. The molecule has 0 radical (unpaired) electrons.